The van der Waals surface area contributed by atoms with Crippen LogP contribution in [-0.4, -0.2) is 14.3 Å². The number of benzene rings is 2. The summed E-state index contributed by atoms with van der Waals surface area (Å²) in [5, 5.41) is 8.25. The molecule has 0 saturated carbocycles. The van der Waals surface area contributed by atoms with Gasteiger partial charge < -0.3 is 5.32 Å². The summed E-state index contributed by atoms with van der Waals surface area (Å²) in [4.78, 5) is 11.8. The molecule has 0 atom stereocenters. The molecule has 0 heterocycles. The number of hydrogen-bond donors (Lipinski definition) is 2. The van der Waals surface area contributed by atoms with Crippen molar-refractivity contribution in [2.24, 2.45) is 5.14 Å². The van der Waals surface area contributed by atoms with E-state index < -0.39 is 10.0 Å². The molecule has 0 radical (unpaired) electrons. The van der Waals surface area contributed by atoms with Crippen molar-refractivity contribution in [2.45, 2.75) is 5.75 Å². The van der Waals surface area contributed by atoms with Crippen LogP contribution in [-0.2, 0) is 20.6 Å². The highest BCUT2D eigenvalue weighted by Gasteiger charge is 2.05. The number of nitrogens with one attached hydrogen (secondary N) is 1. The van der Waals surface area contributed by atoms with Crippen LogP contribution in [0.4, 0.5) is 5.69 Å². The maximum Gasteiger partial charge on any atom is 0.248 e. The van der Waals surface area contributed by atoms with Gasteiger partial charge in [-0.2, -0.15) is 0 Å². The maximum atomic E-state index is 11.8. The zero-order valence-electron chi connectivity index (χ0n) is 12.1. The van der Waals surface area contributed by atoms with E-state index >= 15 is 0 Å². The topological polar surface area (TPSA) is 89.3 Å². The molecular formula is C16H15ClN2O3S. The molecule has 0 aromatic heterocycles. The second-order valence-electron chi connectivity index (χ2n) is 4.88. The van der Waals surface area contributed by atoms with Crippen LogP contribution in [0.5, 0.6) is 0 Å². The molecule has 0 bridgehead atoms. The van der Waals surface area contributed by atoms with Crippen molar-refractivity contribution in [3.63, 3.8) is 0 Å². The molecule has 0 aliphatic carbocycles. The van der Waals surface area contributed by atoms with Gasteiger partial charge in [0.15, 0.2) is 0 Å². The third-order valence-corrected chi connectivity index (χ3v) is 3.84. The van der Waals surface area contributed by atoms with Crippen LogP contribution < -0.4 is 10.5 Å². The minimum atomic E-state index is -3.57. The molecule has 120 valence electrons. The van der Waals surface area contributed by atoms with Crippen molar-refractivity contribution in [3.8, 4) is 0 Å². The van der Waals surface area contributed by atoms with Crippen molar-refractivity contribution >= 4 is 39.3 Å². The fourth-order valence-electron chi connectivity index (χ4n) is 1.88. The summed E-state index contributed by atoms with van der Waals surface area (Å²) in [5.74, 6) is -0.542. The van der Waals surface area contributed by atoms with E-state index in [2.05, 4.69) is 5.32 Å². The van der Waals surface area contributed by atoms with Gasteiger partial charge in [0, 0.05) is 16.8 Å². The fourth-order valence-corrected chi connectivity index (χ4v) is 2.74. The SMILES string of the molecule is NS(=O)(=O)Cc1ccc(NC(=O)/C=C/c2cccc(Cl)c2)cc1. The lowest BCUT2D eigenvalue weighted by Gasteiger charge is -2.04. The Morgan fingerprint density at radius 3 is 2.48 bits per heavy atom. The van der Waals surface area contributed by atoms with Crippen LogP contribution >= 0.6 is 11.6 Å². The van der Waals surface area contributed by atoms with Crippen molar-refractivity contribution in [3.05, 3.63) is 70.8 Å². The summed E-state index contributed by atoms with van der Waals surface area (Å²) in [6, 6.07) is 13.6. The average Bonchev–Trinajstić information content (AvgIpc) is 2.46. The highest BCUT2D eigenvalue weighted by Crippen LogP contribution is 2.13. The second-order valence-corrected chi connectivity index (χ2v) is 6.93. The van der Waals surface area contributed by atoms with Crippen LogP contribution in [0, 0.1) is 0 Å². The molecule has 0 spiro atoms. The van der Waals surface area contributed by atoms with Crippen LogP contribution in [0.1, 0.15) is 11.1 Å². The maximum absolute atomic E-state index is 11.8. The fraction of sp³-hybridized carbons (Fsp3) is 0.0625. The van der Waals surface area contributed by atoms with Gasteiger partial charge in [-0.3, -0.25) is 4.79 Å². The van der Waals surface area contributed by atoms with Crippen LogP contribution in [0.15, 0.2) is 54.6 Å². The lowest BCUT2D eigenvalue weighted by molar-refractivity contribution is -0.111. The van der Waals surface area contributed by atoms with Crippen LogP contribution in [0.25, 0.3) is 6.08 Å². The standard InChI is InChI=1S/C16H15ClN2O3S/c17-14-3-1-2-12(10-14)6-9-16(20)19-15-7-4-13(5-8-15)11-23(18,21)22/h1-10H,11H2,(H,19,20)(H2,18,21,22)/b9-6+. The van der Waals surface area contributed by atoms with Gasteiger partial charge >= 0.3 is 0 Å². The minimum Gasteiger partial charge on any atom is -0.323 e. The third kappa shape index (κ3) is 6.23. The highest BCUT2D eigenvalue weighted by molar-refractivity contribution is 7.88. The second kappa shape index (κ2) is 7.41. The molecule has 0 aliphatic rings. The average molecular weight is 351 g/mol. The van der Waals surface area contributed by atoms with Gasteiger partial charge in [0.05, 0.1) is 5.75 Å². The summed E-state index contributed by atoms with van der Waals surface area (Å²) in [6.07, 6.45) is 3.04. The Labute approximate surface area is 139 Å². The van der Waals surface area contributed by atoms with E-state index in [-0.39, 0.29) is 11.7 Å². The lowest BCUT2D eigenvalue weighted by atomic mass is 10.2. The number of halogens is 1. The smallest absolute Gasteiger partial charge is 0.248 e. The number of amides is 1. The number of sulfonamides is 1. The van der Waals surface area contributed by atoms with E-state index in [1.54, 1.807) is 48.5 Å². The molecular weight excluding hydrogens is 336 g/mol. The van der Waals surface area contributed by atoms with Crippen molar-refractivity contribution in [2.75, 3.05) is 5.32 Å². The number of carbonyl (C=O) groups excluding carboxylic acids is 1. The molecule has 0 unspecified atom stereocenters. The van der Waals surface area contributed by atoms with Crippen molar-refractivity contribution in [1.82, 2.24) is 0 Å². The van der Waals surface area contributed by atoms with E-state index in [1.165, 1.54) is 6.08 Å². The Bertz CT molecular complexity index is 831. The molecule has 2 aromatic rings. The minimum absolute atomic E-state index is 0.240. The van der Waals surface area contributed by atoms with Gasteiger partial charge in [-0.25, -0.2) is 13.6 Å². The van der Waals surface area contributed by atoms with Gasteiger partial charge in [0.2, 0.25) is 15.9 Å². The summed E-state index contributed by atoms with van der Waals surface area (Å²) in [6.45, 7) is 0. The highest BCUT2D eigenvalue weighted by atomic mass is 35.5. The van der Waals surface area contributed by atoms with Crippen molar-refractivity contribution in [1.29, 1.82) is 0 Å². The summed E-state index contributed by atoms with van der Waals surface area (Å²) < 4.78 is 22.0. The van der Waals surface area contributed by atoms with E-state index in [1.807, 2.05) is 6.07 Å². The summed E-state index contributed by atoms with van der Waals surface area (Å²) >= 11 is 5.86. The number of rotatable bonds is 5. The summed E-state index contributed by atoms with van der Waals surface area (Å²) in [7, 11) is -3.57. The predicted molar refractivity (Wildman–Crippen MR) is 92.4 cm³/mol. The van der Waals surface area contributed by atoms with Gasteiger partial charge in [-0.15, -0.1) is 0 Å². The monoisotopic (exact) mass is 350 g/mol. The van der Waals surface area contributed by atoms with Gasteiger partial charge in [-0.05, 0) is 41.5 Å². The van der Waals surface area contributed by atoms with Crippen LogP contribution in [0.3, 0.4) is 0 Å². The number of carbonyl (C=O) groups is 1. The van der Waals surface area contributed by atoms with E-state index in [0.29, 0.717) is 16.3 Å². The zero-order chi connectivity index (χ0) is 16.9. The van der Waals surface area contributed by atoms with E-state index in [0.717, 1.165) is 5.56 Å². The Kier molecular flexibility index (Phi) is 5.54. The number of primary sulfonamides is 1. The first-order valence-corrected chi connectivity index (χ1v) is 8.75. The predicted octanol–water partition coefficient (Wildman–Crippen LogP) is 2.78. The van der Waals surface area contributed by atoms with Gasteiger partial charge in [-0.1, -0.05) is 35.9 Å². The lowest BCUT2D eigenvalue weighted by Crippen LogP contribution is -2.14. The molecule has 3 N–H and O–H groups in total. The normalized spacial score (nSPS) is 11.6. The molecule has 23 heavy (non-hydrogen) atoms. The summed E-state index contributed by atoms with van der Waals surface area (Å²) in [5.41, 5.74) is 1.93. The molecule has 7 heteroatoms. The first-order valence-electron chi connectivity index (χ1n) is 6.66. The molecule has 0 saturated heterocycles. The molecule has 5 nitrogen and oxygen atoms in total. The Morgan fingerprint density at radius 1 is 1.17 bits per heavy atom. The Hall–Kier alpha value is -2.15. The number of hydrogen-bond acceptors (Lipinski definition) is 3. The first-order chi connectivity index (χ1) is 10.8. The van der Waals surface area contributed by atoms with E-state index in [4.69, 9.17) is 16.7 Å². The number of nitrogens with two attached hydrogens (primary N) is 1. The molecule has 0 aliphatic heterocycles. The number of anilines is 1. The first kappa shape index (κ1) is 17.2. The van der Waals surface area contributed by atoms with Crippen LogP contribution in [0.2, 0.25) is 5.02 Å². The van der Waals surface area contributed by atoms with E-state index in [9.17, 15) is 13.2 Å². The van der Waals surface area contributed by atoms with Crippen molar-refractivity contribution < 1.29 is 13.2 Å². The van der Waals surface area contributed by atoms with Gasteiger partial charge in [0.25, 0.3) is 0 Å². The quantitative estimate of drug-likeness (QED) is 0.812. The Balaban J connectivity index is 1.97. The Morgan fingerprint density at radius 2 is 1.87 bits per heavy atom. The van der Waals surface area contributed by atoms with Gasteiger partial charge in [0.1, 0.15) is 0 Å². The molecule has 0 fully saturated rings. The molecule has 2 rings (SSSR count). The third-order valence-electron chi connectivity index (χ3n) is 2.87. The largest absolute Gasteiger partial charge is 0.323 e. The molecule has 1 amide bonds. The molecule has 2 aromatic carbocycles. The zero-order valence-corrected chi connectivity index (χ0v) is 13.6.